The number of hydrogen-bond donors (Lipinski definition) is 2. The Bertz CT molecular complexity index is 1180. The molecule has 0 aliphatic heterocycles. The van der Waals surface area contributed by atoms with Crippen LogP contribution in [0, 0.1) is 23.3 Å². The molecule has 1 atom stereocenters. The maximum Gasteiger partial charge on any atom is 0.407 e. The van der Waals surface area contributed by atoms with Gasteiger partial charge in [-0.15, -0.1) is 0 Å². The summed E-state index contributed by atoms with van der Waals surface area (Å²) in [6.45, 7) is -0.122. The maximum absolute atomic E-state index is 13.9. The number of carboxylic acids is 1. The molecule has 1 unspecified atom stereocenters. The molecule has 9 heteroatoms. The van der Waals surface area contributed by atoms with Crippen LogP contribution in [0.3, 0.4) is 0 Å². The van der Waals surface area contributed by atoms with Crippen molar-refractivity contribution in [2.75, 3.05) is 6.61 Å². The third-order valence-electron chi connectivity index (χ3n) is 5.54. The molecular formula is C24H17F4NO4. The largest absolute Gasteiger partial charge is 0.480 e. The fourth-order valence-electron chi connectivity index (χ4n) is 3.99. The van der Waals surface area contributed by atoms with E-state index in [2.05, 4.69) is 0 Å². The minimum Gasteiger partial charge on any atom is -0.480 e. The van der Waals surface area contributed by atoms with Gasteiger partial charge in [0.2, 0.25) is 0 Å². The number of alkyl carbamates (subject to hydrolysis) is 1. The molecule has 170 valence electrons. The first kappa shape index (κ1) is 22.3. The minimum atomic E-state index is -1.88. The van der Waals surface area contributed by atoms with Crippen molar-refractivity contribution in [3.63, 3.8) is 0 Å². The summed E-state index contributed by atoms with van der Waals surface area (Å²) in [5.74, 6) is -8.75. The summed E-state index contributed by atoms with van der Waals surface area (Å²) in [6.07, 6.45) is -2.17. The van der Waals surface area contributed by atoms with Gasteiger partial charge in [0.1, 0.15) is 12.6 Å². The molecule has 1 aliphatic rings. The van der Waals surface area contributed by atoms with Crippen LogP contribution in [-0.4, -0.2) is 29.8 Å². The molecule has 3 aromatic rings. The zero-order valence-corrected chi connectivity index (χ0v) is 16.9. The number of hydrogen-bond acceptors (Lipinski definition) is 3. The summed E-state index contributed by atoms with van der Waals surface area (Å²) in [5.41, 5.74) is 2.72. The van der Waals surface area contributed by atoms with E-state index in [0.29, 0.717) is 0 Å². The summed E-state index contributed by atoms with van der Waals surface area (Å²) in [7, 11) is 0. The summed E-state index contributed by atoms with van der Waals surface area (Å²) >= 11 is 0. The first-order chi connectivity index (χ1) is 15.8. The summed E-state index contributed by atoms with van der Waals surface area (Å²) in [6, 6.07) is 13.3. The summed E-state index contributed by atoms with van der Waals surface area (Å²) in [4.78, 5) is 23.8. The van der Waals surface area contributed by atoms with Gasteiger partial charge in [0, 0.05) is 24.0 Å². The first-order valence-electron chi connectivity index (χ1n) is 9.94. The van der Waals surface area contributed by atoms with Gasteiger partial charge in [0.25, 0.3) is 0 Å². The van der Waals surface area contributed by atoms with E-state index in [1.165, 1.54) is 0 Å². The second-order valence-corrected chi connectivity index (χ2v) is 7.51. The van der Waals surface area contributed by atoms with E-state index in [9.17, 15) is 32.3 Å². The number of fused-ring (bicyclic) bond motifs is 3. The number of rotatable bonds is 6. The van der Waals surface area contributed by atoms with E-state index in [0.717, 1.165) is 22.3 Å². The lowest BCUT2D eigenvalue weighted by Gasteiger charge is -2.18. The van der Waals surface area contributed by atoms with Crippen LogP contribution in [0.15, 0.2) is 54.6 Å². The van der Waals surface area contributed by atoms with Gasteiger partial charge >= 0.3 is 12.1 Å². The van der Waals surface area contributed by atoms with Gasteiger partial charge < -0.3 is 15.2 Å². The van der Waals surface area contributed by atoms with Crippen molar-refractivity contribution in [1.29, 1.82) is 0 Å². The molecule has 0 saturated carbocycles. The van der Waals surface area contributed by atoms with Gasteiger partial charge in [-0.1, -0.05) is 48.5 Å². The molecule has 1 amide bonds. The molecule has 0 saturated heterocycles. The molecule has 0 heterocycles. The van der Waals surface area contributed by atoms with Gasteiger partial charge in [-0.2, -0.15) is 0 Å². The predicted molar refractivity (Wildman–Crippen MR) is 110 cm³/mol. The van der Waals surface area contributed by atoms with Crippen LogP contribution in [0.1, 0.15) is 22.6 Å². The van der Waals surface area contributed by atoms with Crippen molar-refractivity contribution in [1.82, 2.24) is 5.32 Å². The first-order valence-corrected chi connectivity index (χ1v) is 9.94. The van der Waals surface area contributed by atoms with E-state index in [4.69, 9.17) is 4.74 Å². The van der Waals surface area contributed by atoms with E-state index >= 15 is 0 Å². The Balaban J connectivity index is 1.48. The van der Waals surface area contributed by atoms with Crippen LogP contribution >= 0.6 is 0 Å². The molecule has 0 bridgehead atoms. The Hall–Kier alpha value is -3.88. The van der Waals surface area contributed by atoms with Crippen LogP contribution in [0.5, 0.6) is 0 Å². The Morgan fingerprint density at radius 3 is 1.94 bits per heavy atom. The van der Waals surface area contributed by atoms with E-state index < -0.39 is 53.4 Å². The second-order valence-electron chi connectivity index (χ2n) is 7.51. The zero-order chi connectivity index (χ0) is 23.7. The molecule has 0 spiro atoms. The molecule has 0 fully saturated rings. The third kappa shape index (κ3) is 4.26. The fourth-order valence-corrected chi connectivity index (χ4v) is 3.99. The number of carboxylic acid groups (broad SMARTS) is 1. The van der Waals surface area contributed by atoms with Crippen molar-refractivity contribution < 1.29 is 37.0 Å². The van der Waals surface area contributed by atoms with Crippen molar-refractivity contribution >= 4 is 12.1 Å². The highest BCUT2D eigenvalue weighted by Crippen LogP contribution is 2.44. The lowest BCUT2D eigenvalue weighted by Crippen LogP contribution is -2.43. The fraction of sp³-hybridized carbons (Fsp3) is 0.167. The number of carbonyl (C=O) groups is 2. The van der Waals surface area contributed by atoms with Gasteiger partial charge in [-0.05, 0) is 22.3 Å². The number of aliphatic carboxylic acids is 1. The van der Waals surface area contributed by atoms with E-state index in [1.807, 2.05) is 53.8 Å². The van der Waals surface area contributed by atoms with Gasteiger partial charge in [-0.3, -0.25) is 0 Å². The SMILES string of the molecule is O=C(NC(Cc1c(F)c(F)cc(F)c1F)C(=O)O)OCC1c2ccccc2-c2ccccc21. The molecule has 5 nitrogen and oxygen atoms in total. The monoisotopic (exact) mass is 459 g/mol. The molecule has 4 rings (SSSR count). The Morgan fingerprint density at radius 1 is 0.909 bits per heavy atom. The summed E-state index contributed by atoms with van der Waals surface area (Å²) in [5, 5.41) is 11.3. The normalized spacial score (nSPS) is 13.2. The number of benzene rings is 3. The number of amides is 1. The minimum absolute atomic E-state index is 0.0168. The standard InChI is InChI=1S/C24H17F4NO4/c25-18-10-19(26)22(28)16(21(18)27)9-20(23(30)31)29-24(32)33-11-17-14-7-3-1-5-12(14)13-6-2-4-8-15(13)17/h1-8,10,17,20H,9,11H2,(H,29,32)(H,30,31). The highest BCUT2D eigenvalue weighted by molar-refractivity contribution is 5.81. The smallest absolute Gasteiger partial charge is 0.407 e. The number of carbonyl (C=O) groups excluding carboxylic acids is 1. The Morgan fingerprint density at radius 2 is 1.42 bits per heavy atom. The Labute approximate surface area is 185 Å². The molecule has 0 radical (unpaired) electrons. The van der Waals surface area contributed by atoms with Crippen LogP contribution in [0.25, 0.3) is 11.1 Å². The molecule has 2 N–H and O–H groups in total. The van der Waals surface area contributed by atoms with E-state index in [1.54, 1.807) is 0 Å². The highest BCUT2D eigenvalue weighted by atomic mass is 19.2. The average Bonchev–Trinajstić information content (AvgIpc) is 3.12. The number of nitrogens with one attached hydrogen (secondary N) is 1. The van der Waals surface area contributed by atoms with Crippen LogP contribution in [0.4, 0.5) is 22.4 Å². The number of ether oxygens (including phenoxy) is 1. The van der Waals surface area contributed by atoms with Crippen molar-refractivity contribution in [3.8, 4) is 11.1 Å². The van der Waals surface area contributed by atoms with Crippen LogP contribution in [0.2, 0.25) is 0 Å². The number of halogens is 4. The summed E-state index contributed by atoms with van der Waals surface area (Å²) < 4.78 is 59.9. The van der Waals surface area contributed by atoms with E-state index in [-0.39, 0.29) is 18.6 Å². The quantitative estimate of drug-likeness (QED) is 0.411. The average molecular weight is 459 g/mol. The molecule has 33 heavy (non-hydrogen) atoms. The van der Waals surface area contributed by atoms with Crippen LogP contribution in [-0.2, 0) is 16.0 Å². The van der Waals surface area contributed by atoms with Crippen LogP contribution < -0.4 is 5.32 Å². The highest BCUT2D eigenvalue weighted by Gasteiger charge is 2.31. The molecule has 0 aromatic heterocycles. The van der Waals surface area contributed by atoms with Crippen molar-refractivity contribution in [3.05, 3.63) is 94.6 Å². The van der Waals surface area contributed by atoms with Gasteiger partial charge in [0.05, 0.1) is 0 Å². The topological polar surface area (TPSA) is 75.6 Å². The molecular weight excluding hydrogens is 442 g/mol. The van der Waals surface area contributed by atoms with Crippen molar-refractivity contribution in [2.45, 2.75) is 18.4 Å². The predicted octanol–water partition coefficient (Wildman–Crippen LogP) is 4.78. The second kappa shape index (κ2) is 8.93. The zero-order valence-electron chi connectivity index (χ0n) is 16.9. The lowest BCUT2D eigenvalue weighted by atomic mass is 9.98. The third-order valence-corrected chi connectivity index (χ3v) is 5.54. The Kier molecular flexibility index (Phi) is 6.04. The molecule has 3 aromatic carbocycles. The van der Waals surface area contributed by atoms with Gasteiger partial charge in [-0.25, -0.2) is 27.2 Å². The van der Waals surface area contributed by atoms with Crippen molar-refractivity contribution in [2.24, 2.45) is 0 Å². The maximum atomic E-state index is 13.9. The molecule has 1 aliphatic carbocycles. The van der Waals surface area contributed by atoms with Gasteiger partial charge in [0.15, 0.2) is 23.3 Å². The lowest BCUT2D eigenvalue weighted by molar-refractivity contribution is -0.139.